The van der Waals surface area contributed by atoms with Gasteiger partial charge in [0, 0.05) is 12.1 Å². The van der Waals surface area contributed by atoms with Gasteiger partial charge in [0.2, 0.25) is 0 Å². The number of hydrogen-bond donors (Lipinski definition) is 2. The summed E-state index contributed by atoms with van der Waals surface area (Å²) >= 11 is 0. The molecule has 0 saturated carbocycles. The van der Waals surface area contributed by atoms with E-state index in [4.69, 9.17) is 4.74 Å². The highest BCUT2D eigenvalue weighted by Crippen LogP contribution is 2.24. The fourth-order valence-electron chi connectivity index (χ4n) is 2.16. The number of non-ortho nitro benzene ring substituents is 2. The molecule has 0 aromatic heterocycles. The van der Waals surface area contributed by atoms with Crippen LogP contribution in [0.4, 0.5) is 11.4 Å². The molecule has 0 amide bonds. The lowest BCUT2D eigenvalue weighted by atomic mass is 9.93. The van der Waals surface area contributed by atoms with Crippen molar-refractivity contribution in [1.29, 1.82) is 0 Å². The summed E-state index contributed by atoms with van der Waals surface area (Å²) in [4.78, 5) is 32.0. The number of aliphatic hydroxyl groups excluding tert-OH is 1. The van der Waals surface area contributed by atoms with E-state index >= 15 is 0 Å². The van der Waals surface area contributed by atoms with Crippen LogP contribution in [0.25, 0.3) is 0 Å². The number of rotatable bonds is 9. The van der Waals surface area contributed by atoms with Gasteiger partial charge in [-0.2, -0.15) is 0 Å². The highest BCUT2D eigenvalue weighted by molar-refractivity contribution is 5.91. The molecule has 0 aliphatic rings. The molecule has 1 rings (SSSR count). The number of ether oxygens (including phenoxy) is 1. The molecule has 1 aromatic carbocycles. The number of nitro groups is 2. The smallest absolute Gasteiger partial charge is 0.338 e. The van der Waals surface area contributed by atoms with Crippen LogP contribution in [0.3, 0.4) is 0 Å². The number of carbonyl (C=O) groups excluding carboxylic acids is 1. The van der Waals surface area contributed by atoms with Crippen molar-refractivity contribution in [2.24, 2.45) is 0 Å². The van der Waals surface area contributed by atoms with Gasteiger partial charge in [0.15, 0.2) is 0 Å². The zero-order valence-electron chi connectivity index (χ0n) is 15.2. The number of allylic oxidation sites excluding steroid dienone is 2. The van der Waals surface area contributed by atoms with Crippen LogP contribution in [-0.2, 0) is 4.74 Å². The van der Waals surface area contributed by atoms with Crippen molar-refractivity contribution >= 4 is 17.3 Å². The van der Waals surface area contributed by atoms with Crippen LogP contribution in [-0.4, -0.2) is 44.3 Å². The van der Waals surface area contributed by atoms with E-state index < -0.39 is 51.1 Å². The molecule has 10 heteroatoms. The van der Waals surface area contributed by atoms with Gasteiger partial charge < -0.3 is 14.9 Å². The first-order chi connectivity index (χ1) is 12.4. The van der Waals surface area contributed by atoms with Crippen LogP contribution in [0, 0.1) is 20.2 Å². The van der Waals surface area contributed by atoms with Crippen molar-refractivity contribution < 1.29 is 29.6 Å². The number of benzene rings is 1. The van der Waals surface area contributed by atoms with Crippen LogP contribution in [0.1, 0.15) is 44.0 Å². The normalized spacial score (nSPS) is 14.0. The highest BCUT2D eigenvalue weighted by atomic mass is 16.6. The molecule has 2 N–H and O–H groups in total. The van der Waals surface area contributed by atoms with Crippen molar-refractivity contribution in [3.05, 3.63) is 55.6 Å². The molecular formula is C17H22N2O8. The molecule has 0 aliphatic carbocycles. The molecular weight excluding hydrogens is 360 g/mol. The fraction of sp³-hybridized carbons (Fsp3) is 0.471. The molecule has 0 saturated heterocycles. The molecule has 0 heterocycles. The van der Waals surface area contributed by atoms with E-state index in [1.807, 2.05) is 19.9 Å². The van der Waals surface area contributed by atoms with Crippen LogP contribution < -0.4 is 0 Å². The first-order valence-electron chi connectivity index (χ1n) is 8.09. The summed E-state index contributed by atoms with van der Waals surface area (Å²) in [6.07, 6.45) is 1.21. The third-order valence-electron chi connectivity index (χ3n) is 3.85. The largest absolute Gasteiger partial charge is 0.459 e. The van der Waals surface area contributed by atoms with E-state index in [1.54, 1.807) is 0 Å². The second-order valence-electron chi connectivity index (χ2n) is 6.54. The standard InChI is InChI=1S/C17H22N2O8/c1-11(2)5-4-6-17(3,22)15(20)10-27-16(21)12-7-13(18(23)24)9-14(8-12)19(25)26/h5,7-9,15,20,22H,4,6,10H2,1-3H3/t15-,17-/m1/s1. The quantitative estimate of drug-likeness (QED) is 0.286. The Labute approximate surface area is 155 Å². The Morgan fingerprint density at radius 1 is 1.22 bits per heavy atom. The maximum absolute atomic E-state index is 12.1. The van der Waals surface area contributed by atoms with E-state index in [2.05, 4.69) is 0 Å². The van der Waals surface area contributed by atoms with Crippen LogP contribution in [0.15, 0.2) is 29.8 Å². The van der Waals surface area contributed by atoms with Gasteiger partial charge in [0.05, 0.1) is 27.1 Å². The molecule has 0 fully saturated rings. The zero-order chi connectivity index (χ0) is 20.8. The Kier molecular flexibility index (Phi) is 7.56. The van der Waals surface area contributed by atoms with Gasteiger partial charge in [-0.25, -0.2) is 4.79 Å². The van der Waals surface area contributed by atoms with E-state index in [0.29, 0.717) is 6.42 Å². The van der Waals surface area contributed by atoms with Crippen molar-refractivity contribution in [1.82, 2.24) is 0 Å². The predicted octanol–water partition coefficient (Wildman–Crippen LogP) is 2.52. The lowest BCUT2D eigenvalue weighted by molar-refractivity contribution is -0.394. The summed E-state index contributed by atoms with van der Waals surface area (Å²) in [7, 11) is 0. The van der Waals surface area contributed by atoms with Gasteiger partial charge in [-0.3, -0.25) is 20.2 Å². The lowest BCUT2D eigenvalue weighted by Gasteiger charge is -2.28. The first kappa shape index (κ1) is 22.2. The Morgan fingerprint density at radius 2 is 1.74 bits per heavy atom. The molecule has 1 aromatic rings. The Bertz CT molecular complexity index is 721. The highest BCUT2D eigenvalue weighted by Gasteiger charge is 2.31. The minimum absolute atomic E-state index is 0.221. The number of carbonyl (C=O) groups is 1. The Hall–Kier alpha value is -2.85. The number of hydrogen-bond acceptors (Lipinski definition) is 8. The number of aliphatic hydroxyl groups is 2. The summed E-state index contributed by atoms with van der Waals surface area (Å²) in [5.74, 6) is -1.08. The van der Waals surface area contributed by atoms with Gasteiger partial charge in [0.1, 0.15) is 12.7 Å². The Morgan fingerprint density at radius 3 is 2.19 bits per heavy atom. The number of nitro benzene ring substituents is 2. The monoisotopic (exact) mass is 382 g/mol. The molecule has 0 aliphatic heterocycles. The van der Waals surface area contributed by atoms with E-state index in [-0.39, 0.29) is 6.42 Å². The molecule has 0 radical (unpaired) electrons. The molecule has 0 unspecified atom stereocenters. The Balaban J connectivity index is 2.83. The molecule has 0 spiro atoms. The van der Waals surface area contributed by atoms with Crippen molar-refractivity contribution in [2.45, 2.75) is 45.3 Å². The maximum atomic E-state index is 12.1. The van der Waals surface area contributed by atoms with E-state index in [0.717, 1.165) is 23.8 Å². The van der Waals surface area contributed by atoms with E-state index in [9.17, 15) is 35.2 Å². The SMILES string of the molecule is CC(C)=CCC[C@@](C)(O)[C@H](O)COC(=O)c1cc([N+](=O)[O-])cc([N+](=O)[O-])c1. The van der Waals surface area contributed by atoms with Gasteiger partial charge in [-0.15, -0.1) is 0 Å². The minimum atomic E-state index is -1.53. The average molecular weight is 382 g/mol. The third-order valence-corrected chi connectivity index (χ3v) is 3.85. The van der Waals surface area contributed by atoms with Gasteiger partial charge in [0.25, 0.3) is 11.4 Å². The van der Waals surface area contributed by atoms with Crippen molar-refractivity contribution in [2.75, 3.05) is 6.61 Å². The molecule has 148 valence electrons. The summed E-state index contributed by atoms with van der Waals surface area (Å²) in [5, 5.41) is 42.0. The first-order valence-corrected chi connectivity index (χ1v) is 8.09. The molecule has 2 atom stereocenters. The van der Waals surface area contributed by atoms with Gasteiger partial charge >= 0.3 is 5.97 Å². The van der Waals surface area contributed by atoms with Crippen molar-refractivity contribution in [3.8, 4) is 0 Å². The average Bonchev–Trinajstić information content (AvgIpc) is 2.58. The summed E-state index contributed by atoms with van der Waals surface area (Å²) in [5.41, 5.74) is -2.14. The van der Waals surface area contributed by atoms with Gasteiger partial charge in [-0.05, 0) is 33.6 Å². The van der Waals surface area contributed by atoms with Crippen LogP contribution in [0.5, 0.6) is 0 Å². The molecule has 27 heavy (non-hydrogen) atoms. The zero-order valence-corrected chi connectivity index (χ0v) is 15.2. The van der Waals surface area contributed by atoms with Crippen LogP contribution in [0.2, 0.25) is 0 Å². The molecule has 0 bridgehead atoms. The third kappa shape index (κ3) is 6.76. The maximum Gasteiger partial charge on any atom is 0.338 e. The topological polar surface area (TPSA) is 153 Å². The molecule has 10 nitrogen and oxygen atoms in total. The summed E-state index contributed by atoms with van der Waals surface area (Å²) in [6, 6.07) is 2.41. The second-order valence-corrected chi connectivity index (χ2v) is 6.54. The fourth-order valence-corrected chi connectivity index (χ4v) is 2.16. The van der Waals surface area contributed by atoms with Crippen molar-refractivity contribution in [3.63, 3.8) is 0 Å². The predicted molar refractivity (Wildman–Crippen MR) is 95.3 cm³/mol. The second kappa shape index (κ2) is 9.19. The number of esters is 1. The van der Waals surface area contributed by atoms with E-state index in [1.165, 1.54) is 6.92 Å². The lowest BCUT2D eigenvalue weighted by Crippen LogP contribution is -2.42. The van der Waals surface area contributed by atoms with Crippen LogP contribution >= 0.6 is 0 Å². The summed E-state index contributed by atoms with van der Waals surface area (Å²) < 4.78 is 4.86. The minimum Gasteiger partial charge on any atom is -0.459 e. The van der Waals surface area contributed by atoms with Gasteiger partial charge in [-0.1, -0.05) is 11.6 Å². The number of nitrogens with zero attached hydrogens (tertiary/aromatic N) is 2. The summed E-state index contributed by atoms with van der Waals surface area (Å²) in [6.45, 7) is 4.61.